The molecule has 0 heterocycles. The molecule has 1 heteroatoms. The molecule has 31 heavy (non-hydrogen) atoms. The molecule has 0 aliphatic heterocycles. The number of allylic oxidation sites excluding steroid dienone is 2. The average molecular weight is 417 g/mol. The van der Waals surface area contributed by atoms with Gasteiger partial charge in [-0.2, -0.15) is 0 Å². The molecule has 2 aromatic rings. The van der Waals surface area contributed by atoms with Crippen LogP contribution < -0.4 is 0 Å². The average Bonchev–Trinajstić information content (AvgIpc) is 2.82. The Bertz CT molecular complexity index is 789. The highest BCUT2D eigenvalue weighted by Crippen LogP contribution is 2.34. The van der Waals surface area contributed by atoms with E-state index in [2.05, 4.69) is 67.6 Å². The summed E-state index contributed by atoms with van der Waals surface area (Å²) in [7, 11) is 0. The van der Waals surface area contributed by atoms with Gasteiger partial charge in [0.2, 0.25) is 0 Å². The lowest BCUT2D eigenvalue weighted by atomic mass is 9.77. The van der Waals surface area contributed by atoms with Gasteiger partial charge < -0.3 is 4.74 Å². The quantitative estimate of drug-likeness (QED) is 0.265. The third-order valence-electron chi connectivity index (χ3n) is 6.73. The lowest BCUT2D eigenvalue weighted by Crippen LogP contribution is -2.15. The van der Waals surface area contributed by atoms with Gasteiger partial charge in [0, 0.05) is 0 Å². The lowest BCUT2D eigenvalue weighted by molar-refractivity contribution is 0.148. The maximum atomic E-state index is 5.64. The Kier molecular flexibility index (Phi) is 10.1. The summed E-state index contributed by atoms with van der Waals surface area (Å²) in [6.07, 6.45) is 19.2. The first-order valence-electron chi connectivity index (χ1n) is 12.2. The number of rotatable bonds is 11. The van der Waals surface area contributed by atoms with Crippen LogP contribution in [0.2, 0.25) is 0 Å². The number of benzene rings is 2. The van der Waals surface area contributed by atoms with Crippen LogP contribution in [-0.2, 0) is 24.2 Å². The zero-order chi connectivity index (χ0) is 21.7. The Morgan fingerprint density at radius 2 is 1.23 bits per heavy atom. The van der Waals surface area contributed by atoms with Gasteiger partial charge in [-0.15, -0.1) is 0 Å². The van der Waals surface area contributed by atoms with Crippen LogP contribution >= 0.6 is 0 Å². The topological polar surface area (TPSA) is 9.23 Å². The molecule has 1 aliphatic carbocycles. The van der Waals surface area contributed by atoms with Crippen LogP contribution in [0.1, 0.15) is 74.6 Å². The van der Waals surface area contributed by atoms with E-state index < -0.39 is 0 Å². The first kappa shape index (κ1) is 23.5. The normalized spacial score (nSPS) is 19.4. The molecule has 0 bridgehead atoms. The van der Waals surface area contributed by atoms with Crippen molar-refractivity contribution in [2.24, 2.45) is 11.8 Å². The molecule has 1 aliphatic rings. The monoisotopic (exact) mass is 416 g/mol. The van der Waals surface area contributed by atoms with Gasteiger partial charge in [0.25, 0.3) is 0 Å². The number of aryl methyl sites for hydroxylation is 2. The van der Waals surface area contributed by atoms with Crippen molar-refractivity contribution in [3.8, 4) is 0 Å². The van der Waals surface area contributed by atoms with Crippen LogP contribution in [0.5, 0.6) is 0 Å². The fourth-order valence-electron chi connectivity index (χ4n) is 4.68. The van der Waals surface area contributed by atoms with Crippen molar-refractivity contribution in [3.05, 3.63) is 89.0 Å². The van der Waals surface area contributed by atoms with Gasteiger partial charge >= 0.3 is 0 Å². The summed E-state index contributed by atoms with van der Waals surface area (Å²) in [6, 6.07) is 18.1. The first-order chi connectivity index (χ1) is 15.3. The zero-order valence-corrected chi connectivity index (χ0v) is 19.6. The maximum Gasteiger partial charge on any atom is 0.0721 e. The molecule has 1 saturated carbocycles. The maximum absolute atomic E-state index is 5.64. The van der Waals surface area contributed by atoms with Crippen LogP contribution in [0.4, 0.5) is 0 Å². The summed E-state index contributed by atoms with van der Waals surface area (Å²) >= 11 is 0. The van der Waals surface area contributed by atoms with Crippen LogP contribution in [0.25, 0.3) is 6.08 Å². The first-order valence-corrected chi connectivity index (χ1v) is 12.2. The van der Waals surface area contributed by atoms with E-state index in [0.717, 1.165) is 11.8 Å². The third kappa shape index (κ3) is 8.50. The fourth-order valence-corrected chi connectivity index (χ4v) is 4.68. The summed E-state index contributed by atoms with van der Waals surface area (Å²) in [6.45, 7) is 5.50. The smallest absolute Gasteiger partial charge is 0.0721 e. The molecule has 3 rings (SSSR count). The molecular formula is C30H40O. The van der Waals surface area contributed by atoms with E-state index in [1.165, 1.54) is 73.6 Å². The molecular weight excluding hydrogens is 376 g/mol. The summed E-state index contributed by atoms with van der Waals surface area (Å²) in [5.74, 6) is 1.84. The Labute approximate surface area is 190 Å². The largest absolute Gasteiger partial charge is 0.373 e. The number of ether oxygens (including phenoxy) is 1. The Morgan fingerprint density at radius 3 is 1.74 bits per heavy atom. The molecule has 0 atom stereocenters. The van der Waals surface area contributed by atoms with E-state index >= 15 is 0 Å². The van der Waals surface area contributed by atoms with Crippen LogP contribution in [0.15, 0.2) is 66.8 Å². The summed E-state index contributed by atoms with van der Waals surface area (Å²) in [4.78, 5) is 0. The molecule has 0 saturated heterocycles. The van der Waals surface area contributed by atoms with E-state index in [-0.39, 0.29) is 0 Å². The van der Waals surface area contributed by atoms with E-state index in [9.17, 15) is 0 Å². The molecule has 1 nitrogen and oxygen atoms in total. The van der Waals surface area contributed by atoms with Crippen molar-refractivity contribution in [3.63, 3.8) is 0 Å². The second kappa shape index (κ2) is 13.3. The fraction of sp³-hybridized carbons (Fsp3) is 0.467. The van der Waals surface area contributed by atoms with Gasteiger partial charge in [-0.05, 0) is 73.6 Å². The van der Waals surface area contributed by atoms with Gasteiger partial charge in [0.1, 0.15) is 0 Å². The Hall–Kier alpha value is -2.12. The van der Waals surface area contributed by atoms with Crippen molar-refractivity contribution in [2.45, 2.75) is 71.8 Å². The van der Waals surface area contributed by atoms with Crippen LogP contribution in [0, 0.1) is 11.8 Å². The van der Waals surface area contributed by atoms with Gasteiger partial charge in [0.05, 0.1) is 13.2 Å². The van der Waals surface area contributed by atoms with E-state index in [1.807, 2.05) is 19.1 Å². The molecule has 0 N–H and O–H groups in total. The summed E-state index contributed by atoms with van der Waals surface area (Å²) in [5.41, 5.74) is 5.54. The van der Waals surface area contributed by atoms with Crippen molar-refractivity contribution >= 4 is 6.08 Å². The number of hydrogen-bond acceptors (Lipinski definition) is 1. The predicted octanol–water partition coefficient (Wildman–Crippen LogP) is 8.18. The molecule has 0 radical (unpaired) electrons. The minimum atomic E-state index is 0.698. The Balaban J connectivity index is 1.32. The van der Waals surface area contributed by atoms with Gasteiger partial charge in [-0.3, -0.25) is 0 Å². The molecule has 0 spiro atoms. The SMILES string of the molecule is C/C=C\c1ccc(CCC2CCC(CCc3ccc(COC/C=C/C)cc3)CC2)cc1. The van der Waals surface area contributed by atoms with Crippen molar-refractivity contribution in [2.75, 3.05) is 6.61 Å². The number of hydrogen-bond donors (Lipinski definition) is 0. The van der Waals surface area contributed by atoms with E-state index in [4.69, 9.17) is 4.74 Å². The second-order valence-corrected chi connectivity index (χ2v) is 9.11. The predicted molar refractivity (Wildman–Crippen MR) is 134 cm³/mol. The Morgan fingerprint density at radius 1 is 0.710 bits per heavy atom. The summed E-state index contributed by atoms with van der Waals surface area (Å²) < 4.78 is 5.64. The zero-order valence-electron chi connectivity index (χ0n) is 19.6. The molecule has 2 aromatic carbocycles. The highest BCUT2D eigenvalue weighted by molar-refractivity contribution is 5.49. The highest BCUT2D eigenvalue weighted by Gasteiger charge is 2.20. The lowest BCUT2D eigenvalue weighted by Gasteiger charge is -2.28. The highest BCUT2D eigenvalue weighted by atomic mass is 16.5. The van der Waals surface area contributed by atoms with Gasteiger partial charge in [-0.1, -0.05) is 98.5 Å². The van der Waals surface area contributed by atoms with Crippen LogP contribution in [-0.4, -0.2) is 6.61 Å². The molecule has 0 aromatic heterocycles. The molecule has 0 unspecified atom stereocenters. The molecule has 166 valence electrons. The molecule has 1 fully saturated rings. The van der Waals surface area contributed by atoms with E-state index in [0.29, 0.717) is 13.2 Å². The third-order valence-corrected chi connectivity index (χ3v) is 6.73. The molecule has 0 amide bonds. The standard InChI is InChI=1S/C30H40O/c1-3-5-23-31-24-30-21-19-29(20-22-30)18-17-28-15-13-27(14-16-28)12-11-26-9-7-25(6-4-2)8-10-26/h3-10,19-22,27-28H,11-18,23-24H2,1-2H3/b5-3+,6-4-. The van der Waals surface area contributed by atoms with Crippen molar-refractivity contribution < 1.29 is 4.74 Å². The minimum absolute atomic E-state index is 0.698. The minimum Gasteiger partial charge on any atom is -0.373 e. The van der Waals surface area contributed by atoms with Crippen LogP contribution in [0.3, 0.4) is 0 Å². The van der Waals surface area contributed by atoms with Gasteiger partial charge in [-0.25, -0.2) is 0 Å². The van der Waals surface area contributed by atoms with Crippen molar-refractivity contribution in [1.29, 1.82) is 0 Å². The van der Waals surface area contributed by atoms with Gasteiger partial charge in [0.15, 0.2) is 0 Å². The van der Waals surface area contributed by atoms with Crippen molar-refractivity contribution in [1.82, 2.24) is 0 Å². The van der Waals surface area contributed by atoms with E-state index in [1.54, 1.807) is 0 Å². The second-order valence-electron chi connectivity index (χ2n) is 9.11. The summed E-state index contributed by atoms with van der Waals surface area (Å²) in [5, 5.41) is 0.